The van der Waals surface area contributed by atoms with Crippen molar-refractivity contribution in [3.05, 3.63) is 83.9 Å². The number of nitrogens with one attached hydrogen (secondary N) is 2. The van der Waals surface area contributed by atoms with Crippen LogP contribution < -0.4 is 20.3 Å². The molecule has 0 atom stereocenters. The third kappa shape index (κ3) is 7.35. The molecule has 0 spiro atoms. The Bertz CT molecular complexity index is 1190. The monoisotopic (exact) mass is 488 g/mol. The third-order valence-corrected chi connectivity index (χ3v) is 5.68. The van der Waals surface area contributed by atoms with Crippen molar-refractivity contribution in [1.82, 2.24) is 10.9 Å². The van der Waals surface area contributed by atoms with Gasteiger partial charge < -0.3 is 9.47 Å². The molecule has 3 rings (SSSR count). The molecule has 0 aliphatic rings. The Morgan fingerprint density at radius 2 is 1.22 bits per heavy atom. The number of hydrogen-bond acceptors (Lipinski definition) is 4. The fraction of sp³-hybridized carbons (Fsp3) is 0.333. The van der Waals surface area contributed by atoms with Crippen molar-refractivity contribution < 1.29 is 19.1 Å². The van der Waals surface area contributed by atoms with Crippen LogP contribution in [-0.2, 0) is 20.4 Å². The first kappa shape index (κ1) is 26.8. The zero-order valence-electron chi connectivity index (χ0n) is 22.0. The highest BCUT2D eigenvalue weighted by Gasteiger charge is 2.23. The molecule has 0 fully saturated rings. The van der Waals surface area contributed by atoms with Crippen molar-refractivity contribution in [1.29, 1.82) is 0 Å². The van der Waals surface area contributed by atoms with Crippen LogP contribution in [0, 0.1) is 0 Å². The highest BCUT2D eigenvalue weighted by Crippen LogP contribution is 2.35. The lowest BCUT2D eigenvalue weighted by Gasteiger charge is -2.27. The molecule has 0 radical (unpaired) electrons. The van der Waals surface area contributed by atoms with Gasteiger partial charge in [-0.15, -0.1) is 0 Å². The van der Waals surface area contributed by atoms with Gasteiger partial charge in [0, 0.05) is 5.56 Å². The predicted molar refractivity (Wildman–Crippen MR) is 143 cm³/mol. The highest BCUT2D eigenvalue weighted by atomic mass is 16.5. The number of para-hydroxylation sites is 1. The molecule has 36 heavy (non-hydrogen) atoms. The molecule has 0 aromatic heterocycles. The minimum Gasteiger partial charge on any atom is -0.483 e. The Kier molecular flexibility index (Phi) is 8.41. The van der Waals surface area contributed by atoms with Gasteiger partial charge in [-0.2, -0.15) is 0 Å². The van der Waals surface area contributed by atoms with Crippen LogP contribution in [0.4, 0.5) is 0 Å². The number of rotatable bonds is 7. The van der Waals surface area contributed by atoms with Gasteiger partial charge in [0.15, 0.2) is 13.2 Å². The van der Waals surface area contributed by atoms with Gasteiger partial charge in [-0.25, -0.2) is 0 Å². The minimum absolute atomic E-state index is 0.00384. The first-order chi connectivity index (χ1) is 16.9. The van der Waals surface area contributed by atoms with E-state index in [2.05, 4.69) is 58.5 Å². The lowest BCUT2D eigenvalue weighted by atomic mass is 9.80. The number of carbonyl (C=O) groups is 2. The Morgan fingerprint density at radius 1 is 0.667 bits per heavy atom. The number of hydrogen-bond donors (Lipinski definition) is 2. The molecule has 3 aromatic rings. The Morgan fingerprint density at radius 3 is 1.81 bits per heavy atom. The quantitative estimate of drug-likeness (QED) is 0.427. The topological polar surface area (TPSA) is 76.7 Å². The molecule has 0 saturated carbocycles. The summed E-state index contributed by atoms with van der Waals surface area (Å²) in [5, 5.41) is 0. The summed E-state index contributed by atoms with van der Waals surface area (Å²) in [4.78, 5) is 24.6. The summed E-state index contributed by atoms with van der Waals surface area (Å²) in [5.41, 5.74) is 8.71. The van der Waals surface area contributed by atoms with E-state index in [1.807, 2.05) is 60.7 Å². The number of carbonyl (C=O) groups excluding carboxylic acids is 2. The molecule has 0 saturated heterocycles. The van der Waals surface area contributed by atoms with Crippen molar-refractivity contribution in [3.8, 4) is 22.6 Å². The molecule has 0 aliphatic carbocycles. The molecule has 0 heterocycles. The van der Waals surface area contributed by atoms with Crippen LogP contribution in [0.2, 0.25) is 0 Å². The van der Waals surface area contributed by atoms with Crippen LogP contribution in [-0.4, -0.2) is 25.0 Å². The number of benzene rings is 3. The average Bonchev–Trinajstić information content (AvgIpc) is 2.84. The van der Waals surface area contributed by atoms with E-state index >= 15 is 0 Å². The molecule has 190 valence electrons. The summed E-state index contributed by atoms with van der Waals surface area (Å²) in [6, 6.07) is 23.3. The predicted octanol–water partition coefficient (Wildman–Crippen LogP) is 5.55. The molecule has 6 heteroatoms. The van der Waals surface area contributed by atoms with E-state index < -0.39 is 11.8 Å². The van der Waals surface area contributed by atoms with Crippen LogP contribution in [0.25, 0.3) is 11.1 Å². The summed E-state index contributed by atoms with van der Waals surface area (Å²) in [7, 11) is 0. The molecular weight excluding hydrogens is 452 g/mol. The summed E-state index contributed by atoms with van der Waals surface area (Å²) < 4.78 is 11.5. The van der Waals surface area contributed by atoms with E-state index in [1.54, 1.807) is 6.07 Å². The zero-order valence-corrected chi connectivity index (χ0v) is 22.0. The Labute approximate surface area is 214 Å². The summed E-state index contributed by atoms with van der Waals surface area (Å²) in [6.45, 7) is 12.3. The molecule has 3 aromatic carbocycles. The summed E-state index contributed by atoms with van der Waals surface area (Å²) in [6.07, 6.45) is 0. The van der Waals surface area contributed by atoms with E-state index in [9.17, 15) is 9.59 Å². The lowest BCUT2D eigenvalue weighted by molar-refractivity contribution is -0.131. The molecular formula is C30H36N2O4. The van der Waals surface area contributed by atoms with Crippen LogP contribution in [0.5, 0.6) is 11.5 Å². The van der Waals surface area contributed by atoms with Gasteiger partial charge in [0.05, 0.1) is 0 Å². The second kappa shape index (κ2) is 11.3. The summed E-state index contributed by atoms with van der Waals surface area (Å²) in [5.74, 6) is 0.295. The van der Waals surface area contributed by atoms with E-state index in [1.165, 1.54) is 5.56 Å². The third-order valence-electron chi connectivity index (χ3n) is 5.68. The molecule has 0 bridgehead atoms. The van der Waals surface area contributed by atoms with E-state index in [0.29, 0.717) is 11.5 Å². The summed E-state index contributed by atoms with van der Waals surface area (Å²) >= 11 is 0. The molecule has 0 unspecified atom stereocenters. The first-order valence-corrected chi connectivity index (χ1v) is 12.1. The lowest BCUT2D eigenvalue weighted by Crippen LogP contribution is -2.45. The van der Waals surface area contributed by atoms with Gasteiger partial charge >= 0.3 is 0 Å². The Hall–Kier alpha value is -3.80. The van der Waals surface area contributed by atoms with Crippen LogP contribution >= 0.6 is 0 Å². The maximum Gasteiger partial charge on any atom is 0.276 e. The normalized spacial score (nSPS) is 11.5. The van der Waals surface area contributed by atoms with E-state index in [-0.39, 0.29) is 24.0 Å². The van der Waals surface area contributed by atoms with Gasteiger partial charge in [0.2, 0.25) is 0 Å². The molecule has 6 nitrogen and oxygen atoms in total. The van der Waals surface area contributed by atoms with Gasteiger partial charge in [-0.3, -0.25) is 20.4 Å². The van der Waals surface area contributed by atoms with Crippen LogP contribution in [0.15, 0.2) is 72.8 Å². The van der Waals surface area contributed by atoms with Crippen molar-refractivity contribution >= 4 is 11.8 Å². The maximum atomic E-state index is 12.3. The van der Waals surface area contributed by atoms with E-state index in [4.69, 9.17) is 9.47 Å². The average molecular weight is 489 g/mol. The van der Waals surface area contributed by atoms with Gasteiger partial charge in [0.1, 0.15) is 11.5 Å². The number of hydrazine groups is 1. The maximum absolute atomic E-state index is 12.3. The van der Waals surface area contributed by atoms with Crippen molar-refractivity contribution in [2.24, 2.45) is 0 Å². The number of amides is 2. The second-order valence-corrected chi connectivity index (χ2v) is 10.7. The van der Waals surface area contributed by atoms with Crippen molar-refractivity contribution in [3.63, 3.8) is 0 Å². The fourth-order valence-corrected chi connectivity index (χ4v) is 3.66. The highest BCUT2D eigenvalue weighted by molar-refractivity contribution is 5.83. The van der Waals surface area contributed by atoms with Gasteiger partial charge in [-0.1, -0.05) is 102 Å². The molecule has 2 N–H and O–H groups in total. The largest absolute Gasteiger partial charge is 0.483 e. The van der Waals surface area contributed by atoms with Gasteiger partial charge in [0.25, 0.3) is 11.8 Å². The zero-order chi connectivity index (χ0) is 26.3. The van der Waals surface area contributed by atoms with Crippen molar-refractivity contribution in [2.75, 3.05) is 13.2 Å². The van der Waals surface area contributed by atoms with Crippen molar-refractivity contribution in [2.45, 2.75) is 52.4 Å². The molecule has 0 aliphatic heterocycles. The standard InChI is InChI=1S/C30H36N2O4/c1-29(2,3)22-16-17-26(24(18-22)30(4,5)6)36-20-28(34)32-31-27(33)19-35-25-15-11-10-14-23(25)21-12-8-7-9-13-21/h7-18H,19-20H2,1-6H3,(H,31,33)(H,32,34). The van der Waals surface area contributed by atoms with Gasteiger partial charge in [-0.05, 0) is 39.7 Å². The van der Waals surface area contributed by atoms with E-state index in [0.717, 1.165) is 16.7 Å². The van der Waals surface area contributed by atoms with Crippen LogP contribution in [0.3, 0.4) is 0 Å². The van der Waals surface area contributed by atoms with Crippen LogP contribution in [0.1, 0.15) is 52.7 Å². The smallest absolute Gasteiger partial charge is 0.276 e. The molecule has 2 amide bonds. The fourth-order valence-electron chi connectivity index (χ4n) is 3.66. The second-order valence-electron chi connectivity index (χ2n) is 10.7. The Balaban J connectivity index is 1.53. The SMILES string of the molecule is CC(C)(C)c1ccc(OCC(=O)NNC(=O)COc2ccccc2-c2ccccc2)c(C(C)(C)C)c1. The first-order valence-electron chi connectivity index (χ1n) is 12.1. The number of ether oxygens (including phenoxy) is 2. The minimum atomic E-state index is -0.476.